The standard InChI is InChI=1S/C24H18ClIN2O4/c1-30-21-11-16(10-19(25)23(21)31-14-15-6-8-18(26)9-7-15)13-27-28-24(29)22-12-17-4-2-3-5-20(17)32-22/h2-13H,14H2,1H3,(H,28,29)/b27-13+. The van der Waals surface area contributed by atoms with Crippen molar-refractivity contribution >= 4 is 57.3 Å². The number of hydrazone groups is 1. The molecule has 0 atom stereocenters. The number of carbonyl (C=O) groups is 1. The van der Waals surface area contributed by atoms with Crippen molar-refractivity contribution in [3.05, 3.63) is 92.2 Å². The molecule has 162 valence electrons. The SMILES string of the molecule is COc1cc(/C=N/NC(=O)c2cc3ccccc3o2)cc(Cl)c1OCc1ccc(I)cc1. The fourth-order valence-corrected chi connectivity index (χ4v) is 3.64. The van der Waals surface area contributed by atoms with Crippen molar-refractivity contribution in [3.8, 4) is 11.5 Å². The van der Waals surface area contributed by atoms with Crippen molar-refractivity contribution in [2.75, 3.05) is 7.11 Å². The Morgan fingerprint density at radius 3 is 2.69 bits per heavy atom. The number of hydrogen-bond donors (Lipinski definition) is 1. The fourth-order valence-electron chi connectivity index (χ4n) is 3.00. The van der Waals surface area contributed by atoms with Crippen molar-refractivity contribution in [1.29, 1.82) is 0 Å². The number of benzene rings is 3. The quantitative estimate of drug-likeness (QED) is 0.170. The number of fused-ring (bicyclic) bond motifs is 1. The lowest BCUT2D eigenvalue weighted by molar-refractivity contribution is 0.0929. The van der Waals surface area contributed by atoms with E-state index in [1.54, 1.807) is 24.3 Å². The smallest absolute Gasteiger partial charge is 0.307 e. The molecule has 0 spiro atoms. The number of furan rings is 1. The summed E-state index contributed by atoms with van der Waals surface area (Å²) in [5.74, 6) is 0.635. The third kappa shape index (κ3) is 5.23. The van der Waals surface area contributed by atoms with Gasteiger partial charge in [0.15, 0.2) is 17.3 Å². The number of ether oxygens (including phenoxy) is 2. The molecule has 0 saturated carbocycles. The first kappa shape index (κ1) is 22.2. The maximum Gasteiger partial charge on any atom is 0.307 e. The Hall–Kier alpha value is -3.04. The molecule has 1 amide bonds. The molecule has 3 aromatic carbocycles. The maximum atomic E-state index is 12.3. The first-order chi connectivity index (χ1) is 15.5. The predicted molar refractivity (Wildman–Crippen MR) is 133 cm³/mol. The van der Waals surface area contributed by atoms with Gasteiger partial charge in [0.1, 0.15) is 12.2 Å². The fraction of sp³-hybridized carbons (Fsp3) is 0.0833. The zero-order valence-electron chi connectivity index (χ0n) is 17.0. The summed E-state index contributed by atoms with van der Waals surface area (Å²) in [5.41, 5.74) is 4.74. The largest absolute Gasteiger partial charge is 0.493 e. The number of nitrogens with one attached hydrogen (secondary N) is 1. The number of halogens is 2. The molecule has 0 aliphatic heterocycles. The third-order valence-corrected chi connectivity index (χ3v) is 5.58. The average molecular weight is 561 g/mol. The first-order valence-corrected chi connectivity index (χ1v) is 11.1. The lowest BCUT2D eigenvalue weighted by Crippen LogP contribution is -2.16. The van der Waals surface area contributed by atoms with Gasteiger partial charge in [-0.2, -0.15) is 5.10 Å². The Morgan fingerprint density at radius 2 is 1.94 bits per heavy atom. The Balaban J connectivity index is 1.44. The number of amides is 1. The number of carbonyl (C=O) groups excluding carboxylic acids is 1. The molecule has 1 aromatic heterocycles. The number of hydrogen-bond acceptors (Lipinski definition) is 5. The maximum absolute atomic E-state index is 12.3. The molecule has 8 heteroatoms. The van der Waals surface area contributed by atoms with E-state index in [4.69, 9.17) is 25.5 Å². The van der Waals surface area contributed by atoms with Crippen molar-refractivity contribution < 1.29 is 18.7 Å². The number of rotatable bonds is 7. The summed E-state index contributed by atoms with van der Waals surface area (Å²) in [6, 6.07) is 20.5. The first-order valence-electron chi connectivity index (χ1n) is 9.60. The van der Waals surface area contributed by atoms with Crippen LogP contribution in [0.4, 0.5) is 0 Å². The van der Waals surface area contributed by atoms with E-state index in [1.807, 2.05) is 42.5 Å². The van der Waals surface area contributed by atoms with Crippen LogP contribution in [0.3, 0.4) is 0 Å². The molecule has 1 N–H and O–H groups in total. The van der Waals surface area contributed by atoms with Crippen molar-refractivity contribution in [2.24, 2.45) is 5.10 Å². The van der Waals surface area contributed by atoms with Gasteiger partial charge in [-0.05, 0) is 70.1 Å². The highest BCUT2D eigenvalue weighted by Gasteiger charge is 2.13. The molecule has 0 aliphatic rings. The van der Waals surface area contributed by atoms with Crippen LogP contribution in [0, 0.1) is 3.57 Å². The van der Waals surface area contributed by atoms with Gasteiger partial charge in [0, 0.05) is 8.96 Å². The summed E-state index contributed by atoms with van der Waals surface area (Å²) in [7, 11) is 1.54. The van der Waals surface area contributed by atoms with E-state index >= 15 is 0 Å². The van der Waals surface area contributed by atoms with Gasteiger partial charge in [-0.3, -0.25) is 4.79 Å². The lowest BCUT2D eigenvalue weighted by atomic mass is 10.2. The van der Waals surface area contributed by atoms with Crippen molar-refractivity contribution in [1.82, 2.24) is 5.43 Å². The molecular formula is C24H18ClIN2O4. The molecule has 0 saturated heterocycles. The molecule has 32 heavy (non-hydrogen) atoms. The van der Waals surface area contributed by atoms with E-state index in [9.17, 15) is 4.79 Å². The van der Waals surface area contributed by atoms with Crippen molar-refractivity contribution in [3.63, 3.8) is 0 Å². The molecule has 4 aromatic rings. The Bertz CT molecular complexity index is 1250. The van der Waals surface area contributed by atoms with E-state index in [-0.39, 0.29) is 5.76 Å². The molecule has 0 fully saturated rings. The number of nitrogens with zero attached hydrogens (tertiary/aromatic N) is 1. The van der Waals surface area contributed by atoms with E-state index in [1.165, 1.54) is 13.3 Å². The molecular weight excluding hydrogens is 543 g/mol. The van der Waals surface area contributed by atoms with Crippen molar-refractivity contribution in [2.45, 2.75) is 6.61 Å². The van der Waals surface area contributed by atoms with E-state index in [2.05, 4.69) is 33.1 Å². The van der Waals surface area contributed by atoms with Crippen LogP contribution in [-0.4, -0.2) is 19.2 Å². The lowest BCUT2D eigenvalue weighted by Gasteiger charge is -2.13. The summed E-state index contributed by atoms with van der Waals surface area (Å²) in [5, 5.41) is 5.22. The number of para-hydroxylation sites is 1. The van der Waals surface area contributed by atoms with Crippen LogP contribution in [0.25, 0.3) is 11.0 Å². The van der Waals surface area contributed by atoms with Crippen LogP contribution in [0.1, 0.15) is 21.7 Å². The Labute approximate surface area is 203 Å². The zero-order valence-corrected chi connectivity index (χ0v) is 19.9. The summed E-state index contributed by atoms with van der Waals surface area (Å²) in [6.07, 6.45) is 1.47. The minimum absolute atomic E-state index is 0.179. The monoisotopic (exact) mass is 560 g/mol. The van der Waals surface area contributed by atoms with Crippen LogP contribution < -0.4 is 14.9 Å². The topological polar surface area (TPSA) is 73.1 Å². The van der Waals surface area contributed by atoms with Gasteiger partial charge < -0.3 is 13.9 Å². The van der Waals surface area contributed by atoms with Crippen LogP contribution >= 0.6 is 34.2 Å². The second kappa shape index (κ2) is 10.1. The van der Waals surface area contributed by atoms with Crippen LogP contribution in [0.15, 0.2) is 76.2 Å². The second-order valence-corrected chi connectivity index (χ2v) is 8.45. The second-order valence-electron chi connectivity index (χ2n) is 6.80. The molecule has 0 radical (unpaired) electrons. The van der Waals surface area contributed by atoms with E-state index in [0.29, 0.717) is 34.3 Å². The molecule has 1 heterocycles. The summed E-state index contributed by atoms with van der Waals surface area (Å²) in [6.45, 7) is 0.355. The molecule has 0 aliphatic carbocycles. The Morgan fingerprint density at radius 1 is 1.16 bits per heavy atom. The highest BCUT2D eigenvalue weighted by atomic mass is 127. The van der Waals surface area contributed by atoms with Gasteiger partial charge in [-0.25, -0.2) is 5.43 Å². The summed E-state index contributed by atoms with van der Waals surface area (Å²) in [4.78, 5) is 12.3. The van der Waals surface area contributed by atoms with Gasteiger partial charge in [0.2, 0.25) is 0 Å². The third-order valence-electron chi connectivity index (χ3n) is 4.58. The zero-order chi connectivity index (χ0) is 22.5. The molecule has 0 unspecified atom stereocenters. The predicted octanol–water partition coefficient (Wildman–Crippen LogP) is 6.04. The van der Waals surface area contributed by atoms with Gasteiger partial charge in [-0.15, -0.1) is 0 Å². The molecule has 4 rings (SSSR count). The van der Waals surface area contributed by atoms with Gasteiger partial charge in [0.25, 0.3) is 0 Å². The minimum atomic E-state index is -0.451. The highest BCUT2D eigenvalue weighted by Crippen LogP contribution is 2.36. The van der Waals surface area contributed by atoms with Gasteiger partial charge >= 0.3 is 5.91 Å². The van der Waals surface area contributed by atoms with Crippen LogP contribution in [0.5, 0.6) is 11.5 Å². The Kier molecular flexibility index (Phi) is 6.96. The molecule has 0 bridgehead atoms. The molecule has 6 nitrogen and oxygen atoms in total. The van der Waals surface area contributed by atoms with Crippen LogP contribution in [-0.2, 0) is 6.61 Å². The normalized spacial score (nSPS) is 11.1. The average Bonchev–Trinajstić information content (AvgIpc) is 3.23. The summed E-state index contributed by atoms with van der Waals surface area (Å²) < 4.78 is 18.0. The highest BCUT2D eigenvalue weighted by molar-refractivity contribution is 14.1. The van der Waals surface area contributed by atoms with E-state index < -0.39 is 5.91 Å². The minimum Gasteiger partial charge on any atom is -0.493 e. The summed E-state index contributed by atoms with van der Waals surface area (Å²) >= 11 is 8.67. The van der Waals surface area contributed by atoms with Crippen LogP contribution in [0.2, 0.25) is 5.02 Å². The van der Waals surface area contributed by atoms with Gasteiger partial charge in [0.05, 0.1) is 18.3 Å². The van der Waals surface area contributed by atoms with E-state index in [0.717, 1.165) is 14.5 Å². The number of methoxy groups -OCH3 is 1. The van der Waals surface area contributed by atoms with Gasteiger partial charge in [-0.1, -0.05) is 41.9 Å².